The van der Waals surface area contributed by atoms with Crippen molar-refractivity contribution in [2.24, 2.45) is 0 Å². The molecule has 11 heteroatoms. The second-order valence-electron chi connectivity index (χ2n) is 8.23. The zero-order valence-corrected chi connectivity index (χ0v) is 23.0. The molecular weight excluding hydrogens is 554 g/mol. The summed E-state index contributed by atoms with van der Waals surface area (Å²) in [7, 11) is -0.328. The van der Waals surface area contributed by atoms with Gasteiger partial charge in [0.05, 0.1) is 16.0 Å². The maximum Gasteiger partial charge on any atom is 0.257 e. The van der Waals surface area contributed by atoms with E-state index in [-0.39, 0.29) is 22.0 Å². The van der Waals surface area contributed by atoms with Gasteiger partial charge in [0, 0.05) is 31.5 Å². The van der Waals surface area contributed by atoms with Gasteiger partial charge >= 0.3 is 0 Å². The van der Waals surface area contributed by atoms with Crippen LogP contribution in [0, 0.1) is 0 Å². The van der Waals surface area contributed by atoms with Gasteiger partial charge in [0.1, 0.15) is 12.4 Å². The van der Waals surface area contributed by atoms with Crippen LogP contribution in [0.1, 0.15) is 42.5 Å². The average Bonchev–Trinajstić information content (AvgIpc) is 2.85. The van der Waals surface area contributed by atoms with Gasteiger partial charge < -0.3 is 14.8 Å². The van der Waals surface area contributed by atoms with E-state index in [4.69, 9.17) is 21.7 Å². The molecular formula is C24H30BrN3O5S2. The fourth-order valence-electron chi connectivity index (χ4n) is 3.85. The number of halogens is 1. The molecule has 1 aliphatic rings. The fourth-order valence-corrected chi connectivity index (χ4v) is 5.97. The first kappa shape index (κ1) is 27.5. The second kappa shape index (κ2) is 12.8. The Bertz CT molecular complexity index is 1140. The predicted molar refractivity (Wildman–Crippen MR) is 143 cm³/mol. The van der Waals surface area contributed by atoms with Crippen molar-refractivity contribution < 1.29 is 22.7 Å². The van der Waals surface area contributed by atoms with E-state index in [0.29, 0.717) is 34.7 Å². The van der Waals surface area contributed by atoms with Crippen LogP contribution in [0.4, 0.5) is 5.69 Å². The van der Waals surface area contributed by atoms with Gasteiger partial charge in [-0.1, -0.05) is 19.3 Å². The van der Waals surface area contributed by atoms with E-state index in [1.807, 2.05) is 0 Å². The first-order valence-electron chi connectivity index (χ1n) is 11.3. The number of rotatable bonds is 9. The van der Waals surface area contributed by atoms with Gasteiger partial charge in [0.2, 0.25) is 10.0 Å². The van der Waals surface area contributed by atoms with Gasteiger partial charge in [0.25, 0.3) is 5.91 Å². The Kier molecular flexibility index (Phi) is 10.0. The summed E-state index contributed by atoms with van der Waals surface area (Å²) in [6.45, 7) is 0.852. The number of methoxy groups -OCH3 is 1. The highest BCUT2D eigenvalue weighted by Gasteiger charge is 2.28. The monoisotopic (exact) mass is 583 g/mol. The standard InChI is InChI=1S/C24H30BrN3O5S2/c1-28(19-6-4-3-5-7-19)35(30,31)20-11-9-18(10-12-20)26-24(34)27-23(29)17-8-13-22(21(25)16-17)33-15-14-32-2/h8-13,16,19H,3-7,14-15H2,1-2H3,(H2,26,27,29,34). The molecule has 0 heterocycles. The molecule has 2 aromatic carbocycles. The third kappa shape index (κ3) is 7.47. The molecule has 0 radical (unpaired) electrons. The third-order valence-corrected chi connectivity index (χ3v) is 8.59. The van der Waals surface area contributed by atoms with Crippen molar-refractivity contribution in [2.45, 2.75) is 43.0 Å². The molecule has 2 N–H and O–H groups in total. The highest BCUT2D eigenvalue weighted by atomic mass is 79.9. The molecule has 0 saturated heterocycles. The number of carbonyl (C=O) groups is 1. The highest BCUT2D eigenvalue weighted by molar-refractivity contribution is 9.10. The van der Waals surface area contributed by atoms with Gasteiger partial charge in [-0.25, -0.2) is 8.42 Å². The second-order valence-corrected chi connectivity index (χ2v) is 11.5. The van der Waals surface area contributed by atoms with Crippen LogP contribution < -0.4 is 15.4 Å². The van der Waals surface area contributed by atoms with Crippen LogP contribution >= 0.6 is 28.1 Å². The van der Waals surface area contributed by atoms with Crippen molar-refractivity contribution in [1.82, 2.24) is 9.62 Å². The smallest absolute Gasteiger partial charge is 0.257 e. The molecule has 0 bridgehead atoms. The number of ether oxygens (including phenoxy) is 2. The summed E-state index contributed by atoms with van der Waals surface area (Å²) in [5, 5.41) is 5.64. The van der Waals surface area contributed by atoms with Crippen LogP contribution in [0.2, 0.25) is 0 Å². The summed E-state index contributed by atoms with van der Waals surface area (Å²) < 4.78 is 38.6. The van der Waals surface area contributed by atoms with E-state index in [1.165, 1.54) is 4.31 Å². The number of thiocarbonyl (C=S) groups is 1. The number of nitrogens with zero attached hydrogens (tertiary/aromatic N) is 1. The molecule has 0 unspecified atom stereocenters. The van der Waals surface area contributed by atoms with Crippen LogP contribution in [0.3, 0.4) is 0 Å². The predicted octanol–water partition coefficient (Wildman–Crippen LogP) is 4.55. The third-order valence-electron chi connectivity index (χ3n) is 5.84. The molecule has 0 atom stereocenters. The molecule has 0 aromatic heterocycles. The highest BCUT2D eigenvalue weighted by Crippen LogP contribution is 2.27. The van der Waals surface area contributed by atoms with Crippen molar-refractivity contribution in [2.75, 3.05) is 32.7 Å². The minimum absolute atomic E-state index is 0.0420. The normalized spacial score (nSPS) is 14.5. The van der Waals surface area contributed by atoms with Gasteiger partial charge in [-0.3, -0.25) is 10.1 Å². The van der Waals surface area contributed by atoms with E-state index in [1.54, 1.807) is 56.6 Å². The summed E-state index contributed by atoms with van der Waals surface area (Å²) in [5.74, 6) is 0.212. The van der Waals surface area contributed by atoms with Gasteiger partial charge in [-0.15, -0.1) is 0 Å². The topological polar surface area (TPSA) is 97.0 Å². The minimum Gasteiger partial charge on any atom is -0.490 e. The Morgan fingerprint density at radius 2 is 1.80 bits per heavy atom. The molecule has 8 nitrogen and oxygen atoms in total. The van der Waals surface area contributed by atoms with Crippen molar-refractivity contribution >= 4 is 54.9 Å². The maximum atomic E-state index is 13.0. The van der Waals surface area contributed by atoms with Crippen LogP contribution in [-0.4, -0.2) is 57.2 Å². The van der Waals surface area contributed by atoms with Gasteiger partial charge in [-0.05, 0) is 83.5 Å². The molecule has 1 fully saturated rings. The largest absolute Gasteiger partial charge is 0.490 e. The molecule has 0 spiro atoms. The van der Waals surface area contributed by atoms with Crippen molar-refractivity contribution in [3.63, 3.8) is 0 Å². The Labute approximate surface area is 220 Å². The summed E-state index contributed by atoms with van der Waals surface area (Å²) in [6.07, 6.45) is 5.06. The lowest BCUT2D eigenvalue weighted by Crippen LogP contribution is -2.38. The van der Waals surface area contributed by atoms with Gasteiger partial charge in [0.15, 0.2) is 5.11 Å². The zero-order valence-electron chi connectivity index (χ0n) is 19.8. The lowest BCUT2D eigenvalue weighted by Gasteiger charge is -2.30. The number of nitrogens with one attached hydrogen (secondary N) is 2. The summed E-state index contributed by atoms with van der Waals surface area (Å²) >= 11 is 8.65. The van der Waals surface area contributed by atoms with Crippen molar-refractivity contribution in [3.05, 3.63) is 52.5 Å². The number of anilines is 1. The van der Waals surface area contributed by atoms with E-state index in [0.717, 1.165) is 32.1 Å². The molecule has 1 aliphatic carbocycles. The van der Waals surface area contributed by atoms with E-state index in [9.17, 15) is 13.2 Å². The van der Waals surface area contributed by atoms with Crippen molar-refractivity contribution in [3.8, 4) is 5.75 Å². The Morgan fingerprint density at radius 1 is 1.11 bits per heavy atom. The van der Waals surface area contributed by atoms with Crippen LogP contribution in [0.25, 0.3) is 0 Å². The number of amides is 1. The molecule has 190 valence electrons. The number of hydrogen-bond donors (Lipinski definition) is 2. The lowest BCUT2D eigenvalue weighted by molar-refractivity contribution is 0.0977. The average molecular weight is 585 g/mol. The van der Waals surface area contributed by atoms with Crippen molar-refractivity contribution in [1.29, 1.82) is 0 Å². The molecule has 35 heavy (non-hydrogen) atoms. The molecule has 1 saturated carbocycles. The number of sulfonamides is 1. The Morgan fingerprint density at radius 3 is 2.43 bits per heavy atom. The Hall–Kier alpha value is -2.05. The Balaban J connectivity index is 1.57. The van der Waals surface area contributed by atoms with Gasteiger partial charge in [-0.2, -0.15) is 4.31 Å². The summed E-state index contributed by atoms with van der Waals surface area (Å²) in [4.78, 5) is 12.8. The molecule has 0 aliphatic heterocycles. The number of carbonyl (C=O) groups excluding carboxylic acids is 1. The zero-order chi connectivity index (χ0) is 25.4. The van der Waals surface area contributed by atoms with E-state index >= 15 is 0 Å². The van der Waals surface area contributed by atoms with E-state index in [2.05, 4.69) is 26.6 Å². The summed E-state index contributed by atoms with van der Waals surface area (Å²) in [6, 6.07) is 11.3. The van der Waals surface area contributed by atoms with Crippen LogP contribution in [-0.2, 0) is 14.8 Å². The lowest BCUT2D eigenvalue weighted by atomic mass is 9.96. The molecule has 1 amide bonds. The molecule has 2 aromatic rings. The molecule has 3 rings (SSSR count). The minimum atomic E-state index is -3.57. The first-order chi connectivity index (χ1) is 16.7. The number of benzene rings is 2. The fraction of sp³-hybridized carbons (Fsp3) is 0.417. The van der Waals surface area contributed by atoms with Crippen LogP contribution in [0.5, 0.6) is 5.75 Å². The maximum absolute atomic E-state index is 13.0. The number of hydrogen-bond acceptors (Lipinski definition) is 6. The van der Waals surface area contributed by atoms with Crippen LogP contribution in [0.15, 0.2) is 51.8 Å². The first-order valence-corrected chi connectivity index (χ1v) is 14.0. The summed E-state index contributed by atoms with van der Waals surface area (Å²) in [5.41, 5.74) is 0.963. The van der Waals surface area contributed by atoms with E-state index < -0.39 is 10.0 Å². The SMILES string of the molecule is COCCOc1ccc(C(=O)NC(=S)Nc2ccc(S(=O)(=O)N(C)C3CCCCC3)cc2)cc1Br. The quantitative estimate of drug-likeness (QED) is 0.330.